The SMILES string of the molecule is C[C@@H](CCc1ccc(O)cc1)[NH2+]CCC(c1ccccc1)c1ccccc1. The maximum atomic E-state index is 9.38. The average molecular weight is 361 g/mol. The summed E-state index contributed by atoms with van der Waals surface area (Å²) in [6.45, 7) is 3.42. The second kappa shape index (κ2) is 9.94. The number of nitrogens with two attached hydrogens (primary N) is 1. The maximum absolute atomic E-state index is 9.38. The van der Waals surface area contributed by atoms with Gasteiger partial charge in [0.25, 0.3) is 0 Å². The summed E-state index contributed by atoms with van der Waals surface area (Å²) in [4.78, 5) is 0. The van der Waals surface area contributed by atoms with Gasteiger partial charge in [0.05, 0.1) is 12.6 Å². The van der Waals surface area contributed by atoms with Gasteiger partial charge in [0.1, 0.15) is 5.75 Å². The molecule has 2 nitrogen and oxygen atoms in total. The van der Waals surface area contributed by atoms with Crippen molar-refractivity contribution in [2.45, 2.75) is 38.1 Å². The summed E-state index contributed by atoms with van der Waals surface area (Å²) in [6, 6.07) is 29.8. The molecule has 0 aliphatic heterocycles. The zero-order chi connectivity index (χ0) is 18.9. The van der Waals surface area contributed by atoms with E-state index in [0.29, 0.717) is 17.7 Å². The van der Waals surface area contributed by atoms with Gasteiger partial charge in [-0.1, -0.05) is 72.8 Å². The molecular formula is C25H30NO+. The fourth-order valence-electron chi connectivity index (χ4n) is 3.62. The minimum absolute atomic E-state index is 0.339. The first kappa shape index (κ1) is 19.2. The van der Waals surface area contributed by atoms with E-state index in [1.54, 1.807) is 12.1 Å². The number of aromatic hydroxyl groups is 1. The molecule has 0 heterocycles. The summed E-state index contributed by atoms with van der Waals surface area (Å²) in [5, 5.41) is 11.9. The number of phenols is 1. The van der Waals surface area contributed by atoms with Crippen LogP contribution in [0.3, 0.4) is 0 Å². The highest BCUT2D eigenvalue weighted by Gasteiger charge is 2.15. The van der Waals surface area contributed by atoms with Crippen LogP contribution in [0.5, 0.6) is 5.75 Å². The molecule has 0 fully saturated rings. The molecule has 3 aromatic rings. The van der Waals surface area contributed by atoms with Gasteiger partial charge in [0.15, 0.2) is 0 Å². The van der Waals surface area contributed by atoms with Crippen LogP contribution in [0.25, 0.3) is 0 Å². The van der Waals surface area contributed by atoms with Gasteiger partial charge in [0.2, 0.25) is 0 Å². The Morgan fingerprint density at radius 2 is 1.30 bits per heavy atom. The normalized spacial score (nSPS) is 12.2. The Balaban J connectivity index is 1.52. The van der Waals surface area contributed by atoms with Crippen LogP contribution < -0.4 is 5.32 Å². The number of phenolic OH excluding ortho intramolecular Hbond substituents is 1. The lowest BCUT2D eigenvalue weighted by Gasteiger charge is -2.19. The molecule has 0 saturated carbocycles. The maximum Gasteiger partial charge on any atom is 0.115 e. The molecular weight excluding hydrogens is 330 g/mol. The van der Waals surface area contributed by atoms with E-state index in [2.05, 4.69) is 72.9 Å². The van der Waals surface area contributed by atoms with Crippen LogP contribution in [0.4, 0.5) is 0 Å². The average Bonchev–Trinajstić information content (AvgIpc) is 2.72. The van der Waals surface area contributed by atoms with Crippen molar-refractivity contribution < 1.29 is 10.4 Å². The van der Waals surface area contributed by atoms with E-state index in [1.165, 1.54) is 16.7 Å². The van der Waals surface area contributed by atoms with E-state index in [9.17, 15) is 5.11 Å². The largest absolute Gasteiger partial charge is 0.508 e. The van der Waals surface area contributed by atoms with E-state index < -0.39 is 0 Å². The summed E-state index contributed by atoms with van der Waals surface area (Å²) in [6.07, 6.45) is 3.34. The number of aryl methyl sites for hydroxylation is 1. The lowest BCUT2D eigenvalue weighted by molar-refractivity contribution is -0.687. The first-order chi connectivity index (χ1) is 13.2. The van der Waals surface area contributed by atoms with Crippen LogP contribution in [0, 0.1) is 0 Å². The van der Waals surface area contributed by atoms with Crippen LogP contribution in [-0.2, 0) is 6.42 Å². The Labute approximate surface area is 162 Å². The number of hydrogen-bond acceptors (Lipinski definition) is 1. The monoisotopic (exact) mass is 360 g/mol. The molecule has 1 atom stereocenters. The van der Waals surface area contributed by atoms with E-state index in [1.807, 2.05) is 12.1 Å². The lowest BCUT2D eigenvalue weighted by atomic mass is 9.88. The third-order valence-electron chi connectivity index (χ3n) is 5.25. The second-order valence-electron chi connectivity index (χ2n) is 7.37. The number of rotatable bonds is 9. The number of quaternary nitrogens is 1. The predicted octanol–water partition coefficient (Wildman–Crippen LogP) is 4.50. The molecule has 2 heteroatoms. The van der Waals surface area contributed by atoms with Crippen LogP contribution in [0.2, 0.25) is 0 Å². The molecule has 140 valence electrons. The quantitative estimate of drug-likeness (QED) is 0.579. The van der Waals surface area contributed by atoms with Crippen molar-refractivity contribution in [3.8, 4) is 5.75 Å². The molecule has 27 heavy (non-hydrogen) atoms. The molecule has 0 spiro atoms. The molecule has 0 bridgehead atoms. The van der Waals surface area contributed by atoms with Gasteiger partial charge in [-0.15, -0.1) is 0 Å². The summed E-state index contributed by atoms with van der Waals surface area (Å²) in [5.41, 5.74) is 4.09. The van der Waals surface area contributed by atoms with Crippen LogP contribution in [0.15, 0.2) is 84.9 Å². The van der Waals surface area contributed by atoms with Crippen LogP contribution in [0.1, 0.15) is 42.4 Å². The topological polar surface area (TPSA) is 36.8 Å². The molecule has 0 unspecified atom stereocenters. The fourth-order valence-corrected chi connectivity index (χ4v) is 3.62. The first-order valence-electron chi connectivity index (χ1n) is 9.93. The Bertz CT molecular complexity index is 744. The highest BCUT2D eigenvalue weighted by Crippen LogP contribution is 2.27. The zero-order valence-corrected chi connectivity index (χ0v) is 16.1. The van der Waals surface area contributed by atoms with Crippen molar-refractivity contribution in [3.63, 3.8) is 0 Å². The van der Waals surface area contributed by atoms with Crippen molar-refractivity contribution in [2.24, 2.45) is 0 Å². The van der Waals surface area contributed by atoms with Crippen LogP contribution in [-0.4, -0.2) is 17.7 Å². The zero-order valence-electron chi connectivity index (χ0n) is 16.1. The molecule has 0 aliphatic carbocycles. The Morgan fingerprint density at radius 3 is 1.85 bits per heavy atom. The first-order valence-corrected chi connectivity index (χ1v) is 9.93. The highest BCUT2D eigenvalue weighted by molar-refractivity contribution is 5.32. The standard InChI is InChI=1S/C25H29NO/c1-20(12-13-21-14-16-24(27)17-15-21)26-19-18-25(22-8-4-2-5-9-22)23-10-6-3-7-11-23/h2-11,14-17,20,25-27H,12-13,18-19H2,1H3/p+1/t20-/m0/s1. The molecule has 3 rings (SSSR count). The Hall–Kier alpha value is -2.58. The second-order valence-corrected chi connectivity index (χ2v) is 7.37. The molecule has 3 aromatic carbocycles. The third-order valence-corrected chi connectivity index (χ3v) is 5.25. The van der Waals surface area contributed by atoms with Crippen molar-refractivity contribution in [2.75, 3.05) is 6.54 Å². The molecule has 0 radical (unpaired) electrons. The molecule has 0 aromatic heterocycles. The molecule has 0 saturated heterocycles. The van der Waals surface area contributed by atoms with Gasteiger partial charge in [-0.05, 0) is 42.2 Å². The van der Waals surface area contributed by atoms with Crippen molar-refractivity contribution in [1.29, 1.82) is 0 Å². The number of benzene rings is 3. The van der Waals surface area contributed by atoms with Gasteiger partial charge < -0.3 is 10.4 Å². The van der Waals surface area contributed by atoms with E-state index in [0.717, 1.165) is 25.8 Å². The van der Waals surface area contributed by atoms with Crippen molar-refractivity contribution in [1.82, 2.24) is 0 Å². The Kier molecular flexibility index (Phi) is 7.06. The summed E-state index contributed by atoms with van der Waals surface area (Å²) in [7, 11) is 0. The van der Waals surface area contributed by atoms with Crippen LogP contribution >= 0.6 is 0 Å². The third kappa shape index (κ3) is 5.97. The van der Waals surface area contributed by atoms with Gasteiger partial charge in [-0.3, -0.25) is 0 Å². The predicted molar refractivity (Wildman–Crippen MR) is 112 cm³/mol. The lowest BCUT2D eigenvalue weighted by Crippen LogP contribution is -2.89. The van der Waals surface area contributed by atoms with E-state index in [4.69, 9.17) is 0 Å². The van der Waals surface area contributed by atoms with Gasteiger partial charge in [-0.25, -0.2) is 0 Å². The van der Waals surface area contributed by atoms with Crippen molar-refractivity contribution in [3.05, 3.63) is 102 Å². The van der Waals surface area contributed by atoms with Gasteiger partial charge in [-0.2, -0.15) is 0 Å². The molecule has 0 aliphatic rings. The Morgan fingerprint density at radius 1 is 0.741 bits per heavy atom. The minimum atomic E-state index is 0.339. The summed E-state index contributed by atoms with van der Waals surface area (Å²) < 4.78 is 0. The number of hydrogen-bond donors (Lipinski definition) is 2. The molecule has 0 amide bonds. The van der Waals surface area contributed by atoms with E-state index in [-0.39, 0.29) is 0 Å². The minimum Gasteiger partial charge on any atom is -0.508 e. The van der Waals surface area contributed by atoms with Crippen molar-refractivity contribution >= 4 is 0 Å². The highest BCUT2D eigenvalue weighted by atomic mass is 16.3. The van der Waals surface area contributed by atoms with E-state index >= 15 is 0 Å². The summed E-state index contributed by atoms with van der Waals surface area (Å²) in [5.74, 6) is 0.791. The molecule has 3 N–H and O–H groups in total. The van der Waals surface area contributed by atoms with Gasteiger partial charge >= 0.3 is 0 Å². The van der Waals surface area contributed by atoms with Gasteiger partial charge in [0, 0.05) is 18.8 Å². The smallest absolute Gasteiger partial charge is 0.115 e. The fraction of sp³-hybridized carbons (Fsp3) is 0.280. The summed E-state index contributed by atoms with van der Waals surface area (Å²) >= 11 is 0.